The molecule has 2 rings (SSSR count). The van der Waals surface area contributed by atoms with E-state index in [-0.39, 0.29) is 24.0 Å². The summed E-state index contributed by atoms with van der Waals surface area (Å²) >= 11 is 1.54. The van der Waals surface area contributed by atoms with Gasteiger partial charge in [0.15, 0.2) is 11.6 Å². The van der Waals surface area contributed by atoms with Crippen LogP contribution in [0.1, 0.15) is 9.75 Å². The number of rotatable bonds is 6. The van der Waals surface area contributed by atoms with Crippen LogP contribution in [-0.2, 0) is 22.5 Å². The van der Waals surface area contributed by atoms with Gasteiger partial charge in [0.25, 0.3) is 0 Å². The highest BCUT2D eigenvalue weighted by atomic mass is 32.1. The van der Waals surface area contributed by atoms with Crippen LogP contribution in [0.3, 0.4) is 0 Å². The first kappa shape index (κ1) is 15.3. The van der Waals surface area contributed by atoms with E-state index in [1.165, 1.54) is 20.3 Å². The summed E-state index contributed by atoms with van der Waals surface area (Å²) in [5.74, 6) is -0.434. The highest BCUT2D eigenvalue weighted by molar-refractivity contribution is 7.12. The van der Waals surface area contributed by atoms with Crippen LogP contribution < -0.4 is 10.1 Å². The monoisotopic (exact) mass is 309 g/mol. The van der Waals surface area contributed by atoms with Gasteiger partial charge >= 0.3 is 5.97 Å². The fraction of sp³-hybridized carbons (Fsp3) is 0.267. The first-order chi connectivity index (χ1) is 10.1. The van der Waals surface area contributed by atoms with E-state index >= 15 is 0 Å². The van der Waals surface area contributed by atoms with E-state index in [2.05, 4.69) is 10.1 Å². The second kappa shape index (κ2) is 7.08. The van der Waals surface area contributed by atoms with Gasteiger partial charge in [-0.1, -0.05) is 0 Å². The van der Waals surface area contributed by atoms with Gasteiger partial charge in [-0.15, -0.1) is 11.3 Å². The maximum atomic E-state index is 13.3. The zero-order valence-corrected chi connectivity index (χ0v) is 12.6. The Balaban J connectivity index is 1.95. The van der Waals surface area contributed by atoms with E-state index in [0.29, 0.717) is 6.54 Å². The minimum absolute atomic E-state index is 0.206. The van der Waals surface area contributed by atoms with E-state index < -0.39 is 0 Å². The Morgan fingerprint density at radius 3 is 2.71 bits per heavy atom. The summed E-state index contributed by atoms with van der Waals surface area (Å²) in [7, 11) is 2.81. The number of methoxy groups -OCH3 is 2. The molecular weight excluding hydrogens is 293 g/mol. The van der Waals surface area contributed by atoms with Gasteiger partial charge in [0.2, 0.25) is 0 Å². The number of benzene rings is 1. The summed E-state index contributed by atoms with van der Waals surface area (Å²) in [5, 5.41) is 3.19. The second-order valence-corrected chi connectivity index (χ2v) is 5.58. The molecule has 2 aromatic rings. The van der Waals surface area contributed by atoms with Crippen LogP contribution in [0, 0.1) is 5.82 Å². The molecule has 0 aliphatic heterocycles. The lowest BCUT2D eigenvalue weighted by molar-refractivity contribution is -0.139. The molecule has 0 aliphatic carbocycles. The molecule has 112 valence electrons. The highest BCUT2D eigenvalue weighted by Crippen LogP contribution is 2.23. The van der Waals surface area contributed by atoms with Gasteiger partial charge in [0.1, 0.15) is 0 Å². The van der Waals surface area contributed by atoms with Crippen molar-refractivity contribution in [3.8, 4) is 5.75 Å². The van der Waals surface area contributed by atoms with Crippen molar-refractivity contribution in [1.82, 2.24) is 0 Å². The number of anilines is 1. The predicted octanol–water partition coefficient (Wildman–Crippen LogP) is 3.22. The normalized spacial score (nSPS) is 10.2. The van der Waals surface area contributed by atoms with Crippen LogP contribution in [0.2, 0.25) is 0 Å². The zero-order valence-electron chi connectivity index (χ0n) is 11.8. The third-order valence-electron chi connectivity index (χ3n) is 2.88. The number of hydrogen-bond donors (Lipinski definition) is 1. The van der Waals surface area contributed by atoms with E-state index in [1.807, 2.05) is 12.1 Å². The zero-order chi connectivity index (χ0) is 15.2. The quantitative estimate of drug-likeness (QED) is 0.832. The lowest BCUT2D eigenvalue weighted by Gasteiger charge is -2.07. The molecule has 0 unspecified atom stereocenters. The van der Waals surface area contributed by atoms with E-state index in [4.69, 9.17) is 4.74 Å². The number of carbonyl (C=O) groups excluding carboxylic acids is 1. The standard InChI is InChI=1S/C15H16FNO3S/c1-19-14-7-10(3-6-13(14)16)17-9-12-5-4-11(21-12)8-15(18)20-2/h3-7,17H,8-9H2,1-2H3. The molecule has 0 aliphatic rings. The molecule has 0 amide bonds. The smallest absolute Gasteiger partial charge is 0.310 e. The van der Waals surface area contributed by atoms with Gasteiger partial charge in [-0.3, -0.25) is 4.79 Å². The first-order valence-corrected chi connectivity index (χ1v) is 7.16. The number of halogens is 1. The van der Waals surface area contributed by atoms with Crippen molar-refractivity contribution >= 4 is 23.0 Å². The fourth-order valence-corrected chi connectivity index (χ4v) is 2.73. The molecule has 4 nitrogen and oxygen atoms in total. The Morgan fingerprint density at radius 2 is 2.00 bits per heavy atom. The second-order valence-electron chi connectivity index (χ2n) is 4.32. The van der Waals surface area contributed by atoms with Crippen molar-refractivity contribution in [3.05, 3.63) is 45.9 Å². The molecule has 1 aromatic heterocycles. The largest absolute Gasteiger partial charge is 0.494 e. The van der Waals surface area contributed by atoms with E-state index in [1.54, 1.807) is 23.5 Å². The van der Waals surface area contributed by atoms with Crippen LogP contribution in [0.4, 0.5) is 10.1 Å². The van der Waals surface area contributed by atoms with E-state index in [0.717, 1.165) is 15.4 Å². The van der Waals surface area contributed by atoms with Crippen molar-refractivity contribution in [2.24, 2.45) is 0 Å². The molecule has 21 heavy (non-hydrogen) atoms. The number of hydrogen-bond acceptors (Lipinski definition) is 5. The molecule has 1 heterocycles. The number of nitrogens with one attached hydrogen (secondary N) is 1. The van der Waals surface area contributed by atoms with Gasteiger partial charge < -0.3 is 14.8 Å². The number of esters is 1. The van der Waals surface area contributed by atoms with Crippen LogP contribution in [0.5, 0.6) is 5.75 Å². The van der Waals surface area contributed by atoms with Crippen molar-refractivity contribution < 1.29 is 18.7 Å². The summed E-state index contributed by atoms with van der Waals surface area (Å²) in [5.41, 5.74) is 0.774. The van der Waals surface area contributed by atoms with Gasteiger partial charge in [0, 0.05) is 28.1 Å². The Hall–Kier alpha value is -2.08. The minimum atomic E-state index is -0.389. The maximum Gasteiger partial charge on any atom is 0.310 e. The minimum Gasteiger partial charge on any atom is -0.494 e. The van der Waals surface area contributed by atoms with Crippen molar-refractivity contribution in [2.45, 2.75) is 13.0 Å². The summed E-state index contributed by atoms with van der Waals surface area (Å²) in [6.45, 7) is 0.598. The molecule has 1 aromatic carbocycles. The van der Waals surface area contributed by atoms with Crippen LogP contribution in [0.15, 0.2) is 30.3 Å². The lowest BCUT2D eigenvalue weighted by atomic mass is 10.3. The number of ether oxygens (including phenoxy) is 2. The van der Waals surface area contributed by atoms with Gasteiger partial charge in [-0.05, 0) is 24.3 Å². The Kier molecular flexibility index (Phi) is 5.16. The van der Waals surface area contributed by atoms with Crippen LogP contribution in [0.25, 0.3) is 0 Å². The van der Waals surface area contributed by atoms with Gasteiger partial charge in [-0.2, -0.15) is 0 Å². The Bertz CT molecular complexity index is 627. The first-order valence-electron chi connectivity index (χ1n) is 6.34. The van der Waals surface area contributed by atoms with Crippen molar-refractivity contribution in [2.75, 3.05) is 19.5 Å². The highest BCUT2D eigenvalue weighted by Gasteiger charge is 2.07. The molecule has 1 N–H and O–H groups in total. The Labute approximate surface area is 126 Å². The molecule has 0 saturated heterocycles. The summed E-state index contributed by atoms with van der Waals surface area (Å²) < 4.78 is 22.9. The average Bonchev–Trinajstić information content (AvgIpc) is 2.93. The third kappa shape index (κ3) is 4.19. The topological polar surface area (TPSA) is 47.6 Å². The molecule has 0 fully saturated rings. The van der Waals surface area contributed by atoms with Crippen molar-refractivity contribution in [3.63, 3.8) is 0 Å². The molecule has 0 radical (unpaired) electrons. The van der Waals surface area contributed by atoms with Crippen LogP contribution in [-0.4, -0.2) is 20.2 Å². The molecule has 0 saturated carbocycles. The average molecular weight is 309 g/mol. The summed E-state index contributed by atoms with van der Waals surface area (Å²) in [4.78, 5) is 13.2. The predicted molar refractivity (Wildman–Crippen MR) is 80.3 cm³/mol. The number of carbonyl (C=O) groups is 1. The molecular formula is C15H16FNO3S. The molecule has 0 atom stereocenters. The maximum absolute atomic E-state index is 13.3. The number of thiophene rings is 1. The van der Waals surface area contributed by atoms with E-state index in [9.17, 15) is 9.18 Å². The third-order valence-corrected chi connectivity index (χ3v) is 3.97. The fourth-order valence-electron chi connectivity index (χ4n) is 1.79. The molecule has 6 heteroatoms. The van der Waals surface area contributed by atoms with Crippen molar-refractivity contribution in [1.29, 1.82) is 0 Å². The SMILES string of the molecule is COC(=O)Cc1ccc(CNc2ccc(F)c(OC)c2)s1. The van der Waals surface area contributed by atoms with Crippen LogP contribution >= 0.6 is 11.3 Å². The molecule has 0 spiro atoms. The van der Waals surface area contributed by atoms with Gasteiger partial charge in [-0.25, -0.2) is 4.39 Å². The Morgan fingerprint density at radius 1 is 1.24 bits per heavy atom. The summed E-state index contributed by atoms with van der Waals surface area (Å²) in [6.07, 6.45) is 0.283. The lowest BCUT2D eigenvalue weighted by Crippen LogP contribution is -2.02. The molecule has 0 bridgehead atoms. The summed E-state index contributed by atoms with van der Waals surface area (Å²) in [6, 6.07) is 8.48. The van der Waals surface area contributed by atoms with Gasteiger partial charge in [0.05, 0.1) is 20.6 Å².